The van der Waals surface area contributed by atoms with E-state index in [1.54, 1.807) is 0 Å². The van der Waals surface area contributed by atoms with Gasteiger partial charge in [0.05, 0.1) is 13.2 Å². The molecule has 0 radical (unpaired) electrons. The second-order valence-electron chi connectivity index (χ2n) is 7.17. The van der Waals surface area contributed by atoms with Gasteiger partial charge in [-0.05, 0) is 12.8 Å². The van der Waals surface area contributed by atoms with Crippen molar-refractivity contribution in [2.24, 2.45) is 0 Å². The summed E-state index contributed by atoms with van der Waals surface area (Å²) in [6.45, 7) is 7.91. The van der Waals surface area contributed by atoms with Crippen LogP contribution in [0, 0.1) is 0 Å². The van der Waals surface area contributed by atoms with Gasteiger partial charge in [-0.15, -0.1) is 0 Å². The summed E-state index contributed by atoms with van der Waals surface area (Å²) in [7, 11) is 0. The Morgan fingerprint density at radius 2 is 0.625 bits per heavy atom. The molecule has 0 fully saturated rings. The molecule has 0 unspecified atom stereocenters. The van der Waals surface area contributed by atoms with E-state index in [1.165, 1.54) is 103 Å². The van der Waals surface area contributed by atoms with E-state index < -0.39 is 0 Å². The first kappa shape index (κ1) is 23.9. The van der Waals surface area contributed by atoms with Gasteiger partial charge in [0.25, 0.3) is 0 Å². The number of unbranched alkanes of at least 4 members (excludes halogenated alkanes) is 14. The third kappa shape index (κ3) is 21.9. The van der Waals surface area contributed by atoms with Gasteiger partial charge < -0.3 is 9.47 Å². The van der Waals surface area contributed by atoms with E-state index in [4.69, 9.17) is 9.47 Å². The van der Waals surface area contributed by atoms with Crippen LogP contribution in [0.5, 0.6) is 0 Å². The van der Waals surface area contributed by atoms with Crippen molar-refractivity contribution in [1.82, 2.24) is 0 Å². The zero-order valence-corrected chi connectivity index (χ0v) is 17.0. The molecule has 0 aliphatic rings. The van der Waals surface area contributed by atoms with Gasteiger partial charge in [-0.3, -0.25) is 0 Å². The van der Waals surface area contributed by atoms with E-state index >= 15 is 0 Å². The fraction of sp³-hybridized carbons (Fsp3) is 1.00. The molecule has 0 atom stereocenters. The van der Waals surface area contributed by atoms with Gasteiger partial charge in [-0.1, -0.05) is 104 Å². The maximum atomic E-state index is 5.64. The van der Waals surface area contributed by atoms with Crippen molar-refractivity contribution in [3.05, 3.63) is 0 Å². The molecule has 0 saturated carbocycles. The van der Waals surface area contributed by atoms with Crippen LogP contribution >= 0.6 is 0 Å². The lowest BCUT2D eigenvalue weighted by Crippen LogP contribution is -2.06. The molecule has 0 aliphatic heterocycles. The van der Waals surface area contributed by atoms with Crippen molar-refractivity contribution in [1.29, 1.82) is 0 Å². The minimum atomic E-state index is 0.771. The van der Waals surface area contributed by atoms with E-state index in [9.17, 15) is 0 Å². The second kappa shape index (κ2) is 22.9. The highest BCUT2D eigenvalue weighted by Crippen LogP contribution is 2.10. The van der Waals surface area contributed by atoms with E-state index in [-0.39, 0.29) is 0 Å². The van der Waals surface area contributed by atoms with Crippen LogP contribution < -0.4 is 0 Å². The SMILES string of the molecule is CCCCCCCCCCCCOCCOCCCCCCCC. The average Bonchev–Trinajstić information content (AvgIpc) is 2.60. The average molecular weight is 343 g/mol. The summed E-state index contributed by atoms with van der Waals surface area (Å²) in [5.41, 5.74) is 0. The second-order valence-corrected chi connectivity index (χ2v) is 7.17. The Balaban J connectivity index is 2.93. The largest absolute Gasteiger partial charge is 0.379 e. The lowest BCUT2D eigenvalue weighted by molar-refractivity contribution is 0.0448. The third-order valence-electron chi connectivity index (χ3n) is 4.66. The Kier molecular flexibility index (Phi) is 22.8. The smallest absolute Gasteiger partial charge is 0.0700 e. The molecule has 2 nitrogen and oxygen atoms in total. The van der Waals surface area contributed by atoms with Gasteiger partial charge in [0.2, 0.25) is 0 Å². The van der Waals surface area contributed by atoms with Crippen LogP contribution in [-0.4, -0.2) is 26.4 Å². The number of hydrogen-bond acceptors (Lipinski definition) is 2. The van der Waals surface area contributed by atoms with Crippen molar-refractivity contribution in [2.75, 3.05) is 26.4 Å². The first-order chi connectivity index (χ1) is 11.9. The van der Waals surface area contributed by atoms with Crippen LogP contribution in [0.4, 0.5) is 0 Å². The number of hydrogen-bond donors (Lipinski definition) is 0. The van der Waals surface area contributed by atoms with Gasteiger partial charge >= 0.3 is 0 Å². The van der Waals surface area contributed by atoms with E-state index in [0.29, 0.717) is 0 Å². The Hall–Kier alpha value is -0.0800. The summed E-state index contributed by atoms with van der Waals surface area (Å²) in [5, 5.41) is 0. The van der Waals surface area contributed by atoms with Crippen molar-refractivity contribution < 1.29 is 9.47 Å². The number of rotatable bonds is 21. The lowest BCUT2D eigenvalue weighted by Gasteiger charge is -2.06. The topological polar surface area (TPSA) is 18.5 Å². The fourth-order valence-electron chi connectivity index (χ4n) is 3.00. The molecule has 0 aromatic carbocycles. The zero-order chi connectivity index (χ0) is 17.6. The maximum absolute atomic E-state index is 5.64. The molecule has 0 aliphatic carbocycles. The molecule has 0 aromatic heterocycles. The Morgan fingerprint density at radius 1 is 0.333 bits per heavy atom. The molecule has 0 saturated heterocycles. The molecule has 24 heavy (non-hydrogen) atoms. The molecule has 0 spiro atoms. The Morgan fingerprint density at radius 3 is 0.958 bits per heavy atom. The summed E-state index contributed by atoms with van der Waals surface area (Å²) < 4.78 is 11.3. The van der Waals surface area contributed by atoms with Crippen molar-refractivity contribution in [3.63, 3.8) is 0 Å². The minimum Gasteiger partial charge on any atom is -0.379 e. The van der Waals surface area contributed by atoms with Gasteiger partial charge in [-0.2, -0.15) is 0 Å². The number of ether oxygens (including phenoxy) is 2. The Labute approximate surface area is 153 Å². The van der Waals surface area contributed by atoms with Gasteiger partial charge in [0, 0.05) is 13.2 Å². The molecule has 2 heteroatoms. The van der Waals surface area contributed by atoms with Crippen LogP contribution in [0.1, 0.15) is 117 Å². The molecule has 0 heterocycles. The molecular weight excluding hydrogens is 296 g/mol. The molecule has 0 N–H and O–H groups in total. The molecule has 0 rings (SSSR count). The zero-order valence-electron chi connectivity index (χ0n) is 17.0. The predicted octanol–water partition coefficient (Wildman–Crippen LogP) is 7.30. The van der Waals surface area contributed by atoms with Gasteiger partial charge in [0.1, 0.15) is 0 Å². The molecule has 146 valence electrons. The predicted molar refractivity (Wildman–Crippen MR) is 107 cm³/mol. The summed E-state index contributed by atoms with van der Waals surface area (Å²) in [6.07, 6.45) is 21.8. The Bertz CT molecular complexity index is 184. The van der Waals surface area contributed by atoms with Crippen molar-refractivity contribution in [3.8, 4) is 0 Å². The first-order valence-electron chi connectivity index (χ1n) is 11.1. The normalized spacial score (nSPS) is 11.2. The van der Waals surface area contributed by atoms with E-state index in [2.05, 4.69) is 13.8 Å². The highest BCUT2D eigenvalue weighted by Gasteiger charge is 1.94. The highest BCUT2D eigenvalue weighted by atomic mass is 16.5. The third-order valence-corrected chi connectivity index (χ3v) is 4.66. The summed E-state index contributed by atoms with van der Waals surface area (Å²) in [4.78, 5) is 0. The summed E-state index contributed by atoms with van der Waals surface area (Å²) in [6, 6.07) is 0. The van der Waals surface area contributed by atoms with Crippen LogP contribution in [0.25, 0.3) is 0 Å². The van der Waals surface area contributed by atoms with Gasteiger partial charge in [-0.25, -0.2) is 0 Å². The van der Waals surface area contributed by atoms with Crippen LogP contribution in [-0.2, 0) is 9.47 Å². The van der Waals surface area contributed by atoms with Gasteiger partial charge in [0.15, 0.2) is 0 Å². The standard InChI is InChI=1S/C22H46O2/c1-3-5-7-9-11-12-13-14-16-18-20-24-22-21-23-19-17-15-10-8-6-4-2/h3-22H2,1-2H3. The van der Waals surface area contributed by atoms with Crippen LogP contribution in [0.15, 0.2) is 0 Å². The summed E-state index contributed by atoms with van der Waals surface area (Å²) >= 11 is 0. The van der Waals surface area contributed by atoms with Crippen LogP contribution in [0.2, 0.25) is 0 Å². The first-order valence-corrected chi connectivity index (χ1v) is 11.1. The maximum Gasteiger partial charge on any atom is 0.0700 e. The van der Waals surface area contributed by atoms with Crippen LogP contribution in [0.3, 0.4) is 0 Å². The monoisotopic (exact) mass is 342 g/mol. The van der Waals surface area contributed by atoms with E-state index in [0.717, 1.165) is 26.4 Å². The highest BCUT2D eigenvalue weighted by molar-refractivity contribution is 4.47. The molecular formula is C22H46O2. The molecule has 0 aromatic rings. The minimum absolute atomic E-state index is 0.771. The molecule has 0 amide bonds. The van der Waals surface area contributed by atoms with Crippen molar-refractivity contribution in [2.45, 2.75) is 117 Å². The lowest BCUT2D eigenvalue weighted by atomic mass is 10.1. The summed E-state index contributed by atoms with van der Waals surface area (Å²) in [5.74, 6) is 0. The quantitative estimate of drug-likeness (QED) is 0.204. The van der Waals surface area contributed by atoms with E-state index in [1.807, 2.05) is 0 Å². The molecule has 0 bridgehead atoms. The van der Waals surface area contributed by atoms with Crippen molar-refractivity contribution >= 4 is 0 Å². The fourth-order valence-corrected chi connectivity index (χ4v) is 3.00.